The van der Waals surface area contributed by atoms with Crippen molar-refractivity contribution in [1.29, 1.82) is 0 Å². The molecule has 1 aromatic carbocycles. The lowest BCUT2D eigenvalue weighted by Gasteiger charge is -2.12. The Labute approximate surface area is 126 Å². The van der Waals surface area contributed by atoms with Gasteiger partial charge in [-0.3, -0.25) is 14.0 Å². The van der Waals surface area contributed by atoms with Crippen molar-refractivity contribution in [3.63, 3.8) is 0 Å². The molecule has 0 radical (unpaired) electrons. The summed E-state index contributed by atoms with van der Waals surface area (Å²) in [7, 11) is 1.76. The van der Waals surface area contributed by atoms with E-state index in [9.17, 15) is 4.79 Å². The number of benzene rings is 1. The van der Waals surface area contributed by atoms with E-state index >= 15 is 0 Å². The summed E-state index contributed by atoms with van der Waals surface area (Å²) in [6, 6.07) is 5.44. The Bertz CT molecular complexity index is 924. The van der Waals surface area contributed by atoms with Crippen LogP contribution in [0.15, 0.2) is 23.0 Å². The van der Waals surface area contributed by atoms with Gasteiger partial charge in [-0.1, -0.05) is 11.6 Å². The van der Waals surface area contributed by atoms with Gasteiger partial charge in [0.2, 0.25) is 0 Å². The van der Waals surface area contributed by atoms with Crippen molar-refractivity contribution in [2.75, 3.05) is 0 Å². The molecular weight excluding hydrogens is 288 g/mol. The van der Waals surface area contributed by atoms with Crippen LogP contribution in [0.3, 0.4) is 0 Å². The molecule has 0 bridgehead atoms. The van der Waals surface area contributed by atoms with Crippen molar-refractivity contribution in [2.24, 2.45) is 7.05 Å². The molecule has 108 valence electrons. The zero-order valence-electron chi connectivity index (χ0n) is 12.3. The quantitative estimate of drug-likeness (QED) is 0.694. The molecular formula is C15H15ClN4O. The fraction of sp³-hybridized carbons (Fsp3) is 0.267. The molecule has 0 spiro atoms. The summed E-state index contributed by atoms with van der Waals surface area (Å²) in [5.74, 6) is 0.633. The number of hydrogen-bond acceptors (Lipinski definition) is 3. The van der Waals surface area contributed by atoms with Crippen molar-refractivity contribution in [3.05, 3.63) is 50.7 Å². The average Bonchev–Trinajstić information content (AvgIpc) is 2.67. The molecule has 21 heavy (non-hydrogen) atoms. The summed E-state index contributed by atoms with van der Waals surface area (Å²) in [5.41, 5.74) is 3.51. The highest BCUT2D eigenvalue weighted by Gasteiger charge is 2.16. The maximum Gasteiger partial charge on any atom is 0.284 e. The zero-order chi connectivity index (χ0) is 15.3. The lowest BCUT2D eigenvalue weighted by Crippen LogP contribution is -2.24. The minimum Gasteiger partial charge on any atom is -0.266 e. The van der Waals surface area contributed by atoms with Crippen LogP contribution in [0, 0.1) is 20.8 Å². The van der Waals surface area contributed by atoms with Crippen molar-refractivity contribution >= 4 is 22.6 Å². The van der Waals surface area contributed by atoms with Gasteiger partial charge in [0, 0.05) is 12.1 Å². The standard InChI is InChI=1S/C15H15ClN4O/c1-8-7-11(16)5-6-12(8)20-10(3)17-13-9(2)18-19(4)14(13)15(20)21/h5-7H,1-4H3. The Balaban J connectivity index is 2.43. The lowest BCUT2D eigenvalue weighted by atomic mass is 10.2. The molecule has 0 N–H and O–H groups in total. The van der Waals surface area contributed by atoms with Crippen LogP contribution in [0.1, 0.15) is 17.1 Å². The smallest absolute Gasteiger partial charge is 0.266 e. The van der Waals surface area contributed by atoms with Crippen molar-refractivity contribution in [2.45, 2.75) is 20.8 Å². The van der Waals surface area contributed by atoms with E-state index in [1.54, 1.807) is 22.4 Å². The first-order chi connectivity index (χ1) is 9.90. The molecule has 0 aliphatic carbocycles. The number of halogens is 1. The molecule has 2 aromatic heterocycles. The number of nitrogens with zero attached hydrogens (tertiary/aromatic N) is 4. The van der Waals surface area contributed by atoms with E-state index in [0.29, 0.717) is 21.9 Å². The van der Waals surface area contributed by atoms with E-state index in [0.717, 1.165) is 16.9 Å². The third kappa shape index (κ3) is 2.05. The number of rotatable bonds is 1. The maximum atomic E-state index is 12.9. The van der Waals surface area contributed by atoms with Gasteiger partial charge in [-0.15, -0.1) is 0 Å². The van der Waals surface area contributed by atoms with Gasteiger partial charge in [-0.25, -0.2) is 4.98 Å². The zero-order valence-corrected chi connectivity index (χ0v) is 13.1. The third-order valence-corrected chi connectivity index (χ3v) is 3.83. The van der Waals surface area contributed by atoms with Crippen LogP contribution < -0.4 is 5.56 Å². The lowest BCUT2D eigenvalue weighted by molar-refractivity contribution is 0.772. The number of aromatic nitrogens is 4. The largest absolute Gasteiger partial charge is 0.284 e. The fourth-order valence-corrected chi connectivity index (χ4v) is 2.87. The average molecular weight is 303 g/mol. The summed E-state index contributed by atoms with van der Waals surface area (Å²) >= 11 is 5.99. The highest BCUT2D eigenvalue weighted by atomic mass is 35.5. The van der Waals surface area contributed by atoms with Crippen LogP contribution in [0.4, 0.5) is 0 Å². The molecule has 3 aromatic rings. The van der Waals surface area contributed by atoms with E-state index < -0.39 is 0 Å². The number of aryl methyl sites for hydroxylation is 4. The second kappa shape index (κ2) is 4.70. The summed E-state index contributed by atoms with van der Waals surface area (Å²) < 4.78 is 3.19. The predicted octanol–water partition coefficient (Wildman–Crippen LogP) is 2.70. The van der Waals surface area contributed by atoms with E-state index in [1.165, 1.54) is 0 Å². The SMILES string of the molecule is Cc1cc(Cl)ccc1-n1c(C)nc2c(C)nn(C)c2c1=O. The number of fused-ring (bicyclic) bond motifs is 1. The highest BCUT2D eigenvalue weighted by Crippen LogP contribution is 2.20. The summed E-state index contributed by atoms with van der Waals surface area (Å²) in [4.78, 5) is 17.4. The summed E-state index contributed by atoms with van der Waals surface area (Å²) in [6.07, 6.45) is 0. The molecule has 0 aliphatic heterocycles. The molecule has 2 heterocycles. The topological polar surface area (TPSA) is 52.7 Å². The van der Waals surface area contributed by atoms with Gasteiger partial charge < -0.3 is 0 Å². The van der Waals surface area contributed by atoms with Crippen LogP contribution in [0.5, 0.6) is 0 Å². The Kier molecular flexibility index (Phi) is 3.10. The van der Waals surface area contributed by atoms with Gasteiger partial charge in [0.05, 0.1) is 11.4 Å². The molecule has 3 rings (SSSR count). The predicted molar refractivity (Wildman–Crippen MR) is 83.3 cm³/mol. The van der Waals surface area contributed by atoms with Crippen molar-refractivity contribution in [3.8, 4) is 5.69 Å². The molecule has 5 nitrogen and oxygen atoms in total. The van der Waals surface area contributed by atoms with Gasteiger partial charge >= 0.3 is 0 Å². The van der Waals surface area contributed by atoms with Crippen LogP contribution in [0.2, 0.25) is 5.02 Å². The van der Waals surface area contributed by atoms with E-state index in [4.69, 9.17) is 11.6 Å². The van der Waals surface area contributed by atoms with E-state index in [1.807, 2.05) is 32.9 Å². The molecule has 0 saturated carbocycles. The molecule has 0 saturated heterocycles. The van der Waals surface area contributed by atoms with Gasteiger partial charge in [0.15, 0.2) is 5.52 Å². The molecule has 0 atom stereocenters. The first kappa shape index (κ1) is 13.8. The van der Waals surface area contributed by atoms with E-state index in [-0.39, 0.29) is 5.56 Å². The van der Waals surface area contributed by atoms with E-state index in [2.05, 4.69) is 10.1 Å². The first-order valence-electron chi connectivity index (χ1n) is 6.59. The second-order valence-electron chi connectivity index (χ2n) is 5.14. The molecule has 0 unspecified atom stereocenters. The number of hydrogen-bond donors (Lipinski definition) is 0. The van der Waals surface area contributed by atoms with Gasteiger partial charge in [-0.05, 0) is 44.5 Å². The van der Waals surface area contributed by atoms with Crippen LogP contribution in [-0.4, -0.2) is 19.3 Å². The van der Waals surface area contributed by atoms with Crippen molar-refractivity contribution < 1.29 is 0 Å². The Hall–Kier alpha value is -2.14. The maximum absolute atomic E-state index is 12.9. The van der Waals surface area contributed by atoms with Gasteiger partial charge in [0.1, 0.15) is 11.3 Å². The Morgan fingerprint density at radius 2 is 1.90 bits per heavy atom. The van der Waals surface area contributed by atoms with Crippen LogP contribution >= 0.6 is 11.6 Å². The Morgan fingerprint density at radius 1 is 1.19 bits per heavy atom. The fourth-order valence-electron chi connectivity index (χ4n) is 2.64. The minimum absolute atomic E-state index is 0.119. The molecule has 0 aliphatic rings. The summed E-state index contributed by atoms with van der Waals surface area (Å²) in [6.45, 7) is 5.60. The minimum atomic E-state index is -0.119. The highest BCUT2D eigenvalue weighted by molar-refractivity contribution is 6.30. The second-order valence-corrected chi connectivity index (χ2v) is 5.57. The van der Waals surface area contributed by atoms with Gasteiger partial charge in [-0.2, -0.15) is 5.10 Å². The molecule has 0 amide bonds. The Morgan fingerprint density at radius 3 is 2.57 bits per heavy atom. The van der Waals surface area contributed by atoms with Gasteiger partial charge in [0.25, 0.3) is 5.56 Å². The van der Waals surface area contributed by atoms with Crippen molar-refractivity contribution in [1.82, 2.24) is 19.3 Å². The summed E-state index contributed by atoms with van der Waals surface area (Å²) in [5, 5.41) is 4.93. The normalized spacial score (nSPS) is 11.3. The first-order valence-corrected chi connectivity index (χ1v) is 6.97. The monoisotopic (exact) mass is 302 g/mol. The third-order valence-electron chi connectivity index (χ3n) is 3.59. The van der Waals surface area contributed by atoms with Crippen LogP contribution in [0.25, 0.3) is 16.7 Å². The molecule has 0 fully saturated rings. The van der Waals surface area contributed by atoms with Crippen LogP contribution in [-0.2, 0) is 7.05 Å². The molecule has 6 heteroatoms.